The number of hydrogen-bond donors (Lipinski definition) is 0. The molecule has 0 aliphatic carbocycles. The molecule has 1 rings (SSSR count). The third kappa shape index (κ3) is 7.55. The maximum absolute atomic E-state index is 2.51. The first-order valence-electron chi connectivity index (χ1n) is 9.15. The van der Waals surface area contributed by atoms with Crippen LogP contribution in [0.3, 0.4) is 0 Å². The fourth-order valence-corrected chi connectivity index (χ4v) is 2.89. The minimum absolute atomic E-state index is 1.17. The zero-order valence-electron chi connectivity index (χ0n) is 14.5. The largest absolute Gasteiger partial charge is 0.372 e. The van der Waals surface area contributed by atoms with E-state index in [1.807, 2.05) is 0 Å². The Labute approximate surface area is 132 Å². The van der Waals surface area contributed by atoms with E-state index in [9.17, 15) is 0 Å². The zero-order chi connectivity index (χ0) is 15.3. The molecule has 1 nitrogen and oxygen atoms in total. The van der Waals surface area contributed by atoms with E-state index in [1.54, 1.807) is 0 Å². The molecule has 0 heterocycles. The number of unbranched alkanes of at least 4 members (excludes halogenated alkanes) is 5. The highest BCUT2D eigenvalue weighted by atomic mass is 15.1. The monoisotopic (exact) mass is 289 g/mol. The number of hydrogen-bond acceptors (Lipinski definition) is 1. The van der Waals surface area contributed by atoms with Gasteiger partial charge in [-0.3, -0.25) is 0 Å². The van der Waals surface area contributed by atoms with E-state index in [-0.39, 0.29) is 0 Å². The number of benzene rings is 1. The molecule has 120 valence electrons. The van der Waals surface area contributed by atoms with Crippen LogP contribution in [0.15, 0.2) is 24.3 Å². The summed E-state index contributed by atoms with van der Waals surface area (Å²) in [6.45, 7) is 9.14. The van der Waals surface area contributed by atoms with Gasteiger partial charge in [0.05, 0.1) is 0 Å². The van der Waals surface area contributed by atoms with E-state index >= 15 is 0 Å². The molecule has 21 heavy (non-hydrogen) atoms. The standard InChI is InChI=1S/C20H35N/c1-4-7-8-9-10-11-12-19-13-15-20(16-14-19)21(17-5-2)18-6-3/h13-16H,4-12,17-18H2,1-3H3. The number of aryl methyl sites for hydroxylation is 1. The van der Waals surface area contributed by atoms with Crippen molar-refractivity contribution < 1.29 is 0 Å². The second kappa shape index (κ2) is 11.7. The molecule has 1 aromatic rings. The summed E-state index contributed by atoms with van der Waals surface area (Å²) in [4.78, 5) is 2.51. The maximum Gasteiger partial charge on any atom is 0.0366 e. The van der Waals surface area contributed by atoms with Crippen molar-refractivity contribution in [3.05, 3.63) is 29.8 Å². The van der Waals surface area contributed by atoms with Gasteiger partial charge in [0.15, 0.2) is 0 Å². The average molecular weight is 290 g/mol. The average Bonchev–Trinajstić information content (AvgIpc) is 2.51. The van der Waals surface area contributed by atoms with Crippen molar-refractivity contribution in [1.29, 1.82) is 0 Å². The number of rotatable bonds is 12. The van der Waals surface area contributed by atoms with Crippen molar-refractivity contribution in [3.63, 3.8) is 0 Å². The van der Waals surface area contributed by atoms with Gasteiger partial charge in [0, 0.05) is 18.8 Å². The van der Waals surface area contributed by atoms with Gasteiger partial charge in [-0.05, 0) is 43.4 Å². The van der Waals surface area contributed by atoms with Crippen LogP contribution in [-0.4, -0.2) is 13.1 Å². The van der Waals surface area contributed by atoms with Crippen LogP contribution in [0.5, 0.6) is 0 Å². The molecule has 0 unspecified atom stereocenters. The van der Waals surface area contributed by atoms with Gasteiger partial charge in [0.25, 0.3) is 0 Å². The summed E-state index contributed by atoms with van der Waals surface area (Å²) >= 11 is 0. The third-order valence-electron chi connectivity index (χ3n) is 4.11. The van der Waals surface area contributed by atoms with E-state index < -0.39 is 0 Å². The van der Waals surface area contributed by atoms with E-state index in [4.69, 9.17) is 0 Å². The molecular formula is C20H35N. The van der Waals surface area contributed by atoms with Gasteiger partial charge in [-0.25, -0.2) is 0 Å². The van der Waals surface area contributed by atoms with Gasteiger partial charge >= 0.3 is 0 Å². The Morgan fingerprint density at radius 2 is 1.24 bits per heavy atom. The topological polar surface area (TPSA) is 3.24 Å². The second-order valence-electron chi connectivity index (χ2n) is 6.17. The van der Waals surface area contributed by atoms with Crippen LogP contribution in [-0.2, 0) is 6.42 Å². The van der Waals surface area contributed by atoms with Gasteiger partial charge in [-0.1, -0.05) is 65.0 Å². The summed E-state index contributed by atoms with van der Waals surface area (Å²) in [6.07, 6.45) is 12.0. The smallest absolute Gasteiger partial charge is 0.0366 e. The predicted octanol–water partition coefficient (Wildman–Crippen LogP) is 6.22. The number of anilines is 1. The maximum atomic E-state index is 2.51. The molecule has 0 atom stereocenters. The summed E-state index contributed by atoms with van der Waals surface area (Å²) in [7, 11) is 0. The molecule has 0 aliphatic rings. The minimum atomic E-state index is 1.17. The highest BCUT2D eigenvalue weighted by Gasteiger charge is 2.04. The van der Waals surface area contributed by atoms with Crippen LogP contribution in [0, 0.1) is 0 Å². The molecule has 0 saturated heterocycles. The Kier molecular flexibility index (Phi) is 10.0. The lowest BCUT2D eigenvalue weighted by atomic mass is 10.0. The number of nitrogens with zero attached hydrogens (tertiary/aromatic N) is 1. The quantitative estimate of drug-likeness (QED) is 0.413. The molecule has 0 aromatic heterocycles. The molecule has 0 radical (unpaired) electrons. The highest BCUT2D eigenvalue weighted by Crippen LogP contribution is 2.18. The molecule has 0 fully saturated rings. The molecule has 1 heteroatoms. The van der Waals surface area contributed by atoms with E-state index in [1.165, 1.54) is 82.1 Å². The van der Waals surface area contributed by atoms with Crippen molar-refractivity contribution in [3.8, 4) is 0 Å². The van der Waals surface area contributed by atoms with Crippen molar-refractivity contribution >= 4 is 5.69 Å². The Hall–Kier alpha value is -0.980. The first-order valence-corrected chi connectivity index (χ1v) is 9.15. The van der Waals surface area contributed by atoms with Crippen LogP contribution in [0.4, 0.5) is 5.69 Å². The lowest BCUT2D eigenvalue weighted by molar-refractivity contribution is 0.607. The van der Waals surface area contributed by atoms with Gasteiger partial charge < -0.3 is 4.90 Å². The third-order valence-corrected chi connectivity index (χ3v) is 4.11. The summed E-state index contributed by atoms with van der Waals surface area (Å²) in [6, 6.07) is 9.30. The Bertz CT molecular complexity index is 335. The summed E-state index contributed by atoms with van der Waals surface area (Å²) in [5, 5.41) is 0. The highest BCUT2D eigenvalue weighted by molar-refractivity contribution is 5.47. The fourth-order valence-electron chi connectivity index (χ4n) is 2.89. The van der Waals surface area contributed by atoms with Gasteiger partial charge in [0.2, 0.25) is 0 Å². The Morgan fingerprint density at radius 1 is 0.667 bits per heavy atom. The summed E-state index contributed by atoms with van der Waals surface area (Å²) in [5.74, 6) is 0. The van der Waals surface area contributed by atoms with Crippen molar-refractivity contribution in [2.24, 2.45) is 0 Å². The summed E-state index contributed by atoms with van der Waals surface area (Å²) in [5.41, 5.74) is 2.90. The SMILES string of the molecule is CCCCCCCCc1ccc(N(CCC)CCC)cc1. The van der Waals surface area contributed by atoms with Crippen LogP contribution < -0.4 is 4.90 Å². The van der Waals surface area contributed by atoms with E-state index in [0.29, 0.717) is 0 Å². The second-order valence-corrected chi connectivity index (χ2v) is 6.17. The predicted molar refractivity (Wildman–Crippen MR) is 96.3 cm³/mol. The first-order chi connectivity index (χ1) is 10.3. The van der Waals surface area contributed by atoms with Crippen LogP contribution in [0.1, 0.15) is 77.7 Å². The molecule has 1 aromatic carbocycles. The molecule has 0 amide bonds. The zero-order valence-corrected chi connectivity index (χ0v) is 14.5. The normalized spacial score (nSPS) is 10.8. The van der Waals surface area contributed by atoms with Crippen molar-refractivity contribution in [2.45, 2.75) is 78.6 Å². The Balaban J connectivity index is 2.35. The fraction of sp³-hybridized carbons (Fsp3) is 0.700. The van der Waals surface area contributed by atoms with Gasteiger partial charge in [-0.15, -0.1) is 0 Å². The van der Waals surface area contributed by atoms with Crippen LogP contribution in [0.2, 0.25) is 0 Å². The molecule has 0 bridgehead atoms. The Morgan fingerprint density at radius 3 is 1.81 bits per heavy atom. The molecular weight excluding hydrogens is 254 g/mol. The summed E-state index contributed by atoms with van der Waals surface area (Å²) < 4.78 is 0. The van der Waals surface area contributed by atoms with Gasteiger partial charge in [-0.2, -0.15) is 0 Å². The van der Waals surface area contributed by atoms with E-state index in [2.05, 4.69) is 49.9 Å². The van der Waals surface area contributed by atoms with Crippen molar-refractivity contribution in [2.75, 3.05) is 18.0 Å². The first kappa shape index (κ1) is 18.1. The van der Waals surface area contributed by atoms with Crippen LogP contribution in [0.25, 0.3) is 0 Å². The lowest BCUT2D eigenvalue weighted by Gasteiger charge is -2.24. The molecule has 0 spiro atoms. The lowest BCUT2D eigenvalue weighted by Crippen LogP contribution is -2.24. The van der Waals surface area contributed by atoms with Crippen molar-refractivity contribution in [1.82, 2.24) is 0 Å². The van der Waals surface area contributed by atoms with Crippen LogP contribution >= 0.6 is 0 Å². The molecule has 0 saturated carbocycles. The minimum Gasteiger partial charge on any atom is -0.372 e. The van der Waals surface area contributed by atoms with E-state index in [0.717, 1.165) is 0 Å². The molecule has 0 N–H and O–H groups in total. The molecule has 0 aliphatic heterocycles. The van der Waals surface area contributed by atoms with Gasteiger partial charge in [0.1, 0.15) is 0 Å².